The average molecular weight is 462 g/mol. The third-order valence-corrected chi connectivity index (χ3v) is 4.20. The fraction of sp³-hybridized carbons (Fsp3) is 0.176. The van der Waals surface area contributed by atoms with Crippen LogP contribution in [0.5, 0.6) is 0 Å². The number of carbonyl (C=O) groups excluding carboxylic acids is 2. The molecule has 0 spiro atoms. The molecule has 0 fully saturated rings. The summed E-state index contributed by atoms with van der Waals surface area (Å²) in [5, 5.41) is 2.46. The highest BCUT2D eigenvalue weighted by atomic mass is 127. The van der Waals surface area contributed by atoms with Crippen molar-refractivity contribution >= 4 is 34.4 Å². The monoisotopic (exact) mass is 462 g/mol. The summed E-state index contributed by atoms with van der Waals surface area (Å²) >= 11 is 2.14. The van der Waals surface area contributed by atoms with E-state index in [1.807, 2.05) is 24.3 Å². The van der Waals surface area contributed by atoms with Crippen molar-refractivity contribution in [3.63, 3.8) is 0 Å². The van der Waals surface area contributed by atoms with Crippen LogP contribution < -0.4 is 11.1 Å². The number of alkyl halides is 3. The van der Waals surface area contributed by atoms with Crippen molar-refractivity contribution in [1.82, 2.24) is 5.32 Å². The Morgan fingerprint density at radius 3 is 2.08 bits per heavy atom. The van der Waals surface area contributed by atoms with Gasteiger partial charge in [0, 0.05) is 15.6 Å². The standard InChI is InChI=1S/C17H14F3IN2O2/c18-17(19,20)12-5-3-11(4-6-12)16(25)23-14(15(22)24)9-10-1-7-13(21)8-2-10/h1-8,14H,9H2,(H2,22,24)(H,23,25)/t14-/m1/s1. The van der Waals surface area contributed by atoms with Crippen LogP contribution in [0.2, 0.25) is 0 Å². The van der Waals surface area contributed by atoms with Crippen LogP contribution in [0.25, 0.3) is 0 Å². The molecule has 25 heavy (non-hydrogen) atoms. The van der Waals surface area contributed by atoms with Crippen molar-refractivity contribution in [2.75, 3.05) is 0 Å². The number of nitrogens with two attached hydrogens (primary N) is 1. The normalized spacial score (nSPS) is 12.5. The number of nitrogens with one attached hydrogen (secondary N) is 1. The molecule has 0 saturated heterocycles. The summed E-state index contributed by atoms with van der Waals surface area (Å²) < 4.78 is 38.7. The van der Waals surface area contributed by atoms with Gasteiger partial charge in [-0.2, -0.15) is 13.2 Å². The predicted molar refractivity (Wildman–Crippen MR) is 94.8 cm³/mol. The first-order chi connectivity index (χ1) is 11.7. The summed E-state index contributed by atoms with van der Waals surface area (Å²) in [6.07, 6.45) is -4.28. The second-order valence-corrected chi connectivity index (χ2v) is 6.58. The summed E-state index contributed by atoms with van der Waals surface area (Å²) in [7, 11) is 0. The molecule has 2 amide bonds. The Morgan fingerprint density at radius 2 is 1.60 bits per heavy atom. The quantitative estimate of drug-likeness (QED) is 0.671. The Morgan fingerprint density at radius 1 is 1.04 bits per heavy atom. The fourth-order valence-electron chi connectivity index (χ4n) is 2.13. The maximum Gasteiger partial charge on any atom is 0.416 e. The molecule has 0 heterocycles. The molecule has 1 atom stereocenters. The van der Waals surface area contributed by atoms with Crippen LogP contribution in [0.15, 0.2) is 48.5 Å². The number of primary amides is 1. The number of hydrogen-bond donors (Lipinski definition) is 2. The number of hydrogen-bond acceptors (Lipinski definition) is 2. The minimum Gasteiger partial charge on any atom is -0.368 e. The lowest BCUT2D eigenvalue weighted by atomic mass is 10.0. The molecule has 2 aromatic carbocycles. The minimum absolute atomic E-state index is 0.0156. The molecule has 132 valence electrons. The molecule has 0 aliphatic rings. The van der Waals surface area contributed by atoms with Crippen LogP contribution in [0.1, 0.15) is 21.5 Å². The Balaban J connectivity index is 2.09. The highest BCUT2D eigenvalue weighted by Gasteiger charge is 2.30. The van der Waals surface area contributed by atoms with Crippen molar-refractivity contribution in [1.29, 1.82) is 0 Å². The zero-order chi connectivity index (χ0) is 18.6. The van der Waals surface area contributed by atoms with Gasteiger partial charge in [0.25, 0.3) is 5.91 Å². The lowest BCUT2D eigenvalue weighted by molar-refractivity contribution is -0.137. The van der Waals surface area contributed by atoms with E-state index in [-0.39, 0.29) is 12.0 Å². The molecule has 2 aromatic rings. The van der Waals surface area contributed by atoms with Crippen LogP contribution in [0, 0.1) is 3.57 Å². The van der Waals surface area contributed by atoms with Gasteiger partial charge in [-0.1, -0.05) is 12.1 Å². The second kappa shape index (κ2) is 7.85. The first-order valence-electron chi connectivity index (χ1n) is 7.18. The SMILES string of the molecule is NC(=O)[C@@H](Cc1ccc(I)cc1)NC(=O)c1ccc(C(F)(F)F)cc1. The minimum atomic E-state index is -4.48. The fourth-order valence-corrected chi connectivity index (χ4v) is 2.49. The highest BCUT2D eigenvalue weighted by molar-refractivity contribution is 14.1. The number of benzene rings is 2. The van der Waals surface area contributed by atoms with E-state index < -0.39 is 29.6 Å². The first-order valence-corrected chi connectivity index (χ1v) is 8.26. The molecule has 0 unspecified atom stereocenters. The molecule has 0 saturated carbocycles. The van der Waals surface area contributed by atoms with E-state index in [2.05, 4.69) is 27.9 Å². The summed E-state index contributed by atoms with van der Waals surface area (Å²) in [6.45, 7) is 0. The molecule has 0 bridgehead atoms. The second-order valence-electron chi connectivity index (χ2n) is 5.33. The van der Waals surface area contributed by atoms with E-state index in [4.69, 9.17) is 5.73 Å². The zero-order valence-corrected chi connectivity index (χ0v) is 15.0. The topological polar surface area (TPSA) is 72.2 Å². The number of carbonyl (C=O) groups is 2. The van der Waals surface area contributed by atoms with E-state index >= 15 is 0 Å². The molecule has 0 aliphatic carbocycles. The number of halogens is 4. The third kappa shape index (κ3) is 5.45. The van der Waals surface area contributed by atoms with Gasteiger partial charge in [-0.15, -0.1) is 0 Å². The number of amides is 2. The average Bonchev–Trinajstić information content (AvgIpc) is 2.55. The lowest BCUT2D eigenvalue weighted by Gasteiger charge is -2.16. The van der Waals surface area contributed by atoms with Crippen molar-refractivity contribution in [3.05, 3.63) is 68.8 Å². The highest BCUT2D eigenvalue weighted by Crippen LogP contribution is 2.29. The van der Waals surface area contributed by atoms with E-state index in [0.717, 1.165) is 33.4 Å². The van der Waals surface area contributed by atoms with E-state index in [0.29, 0.717) is 0 Å². The van der Waals surface area contributed by atoms with Crippen LogP contribution in [0.3, 0.4) is 0 Å². The van der Waals surface area contributed by atoms with Crippen LogP contribution in [0.4, 0.5) is 13.2 Å². The Bertz CT molecular complexity index is 759. The zero-order valence-electron chi connectivity index (χ0n) is 12.8. The van der Waals surface area contributed by atoms with Crippen LogP contribution in [-0.2, 0) is 17.4 Å². The van der Waals surface area contributed by atoms with Crippen molar-refractivity contribution < 1.29 is 22.8 Å². The smallest absolute Gasteiger partial charge is 0.368 e. The van der Waals surface area contributed by atoms with Crippen LogP contribution >= 0.6 is 22.6 Å². The maximum absolute atomic E-state index is 12.5. The summed E-state index contributed by atoms with van der Waals surface area (Å²) in [6, 6.07) is 10.1. The Kier molecular flexibility index (Phi) is 6.04. The van der Waals surface area contributed by atoms with Gasteiger partial charge in [0.2, 0.25) is 5.91 Å². The maximum atomic E-state index is 12.5. The van der Waals surface area contributed by atoms with Crippen molar-refractivity contribution in [3.8, 4) is 0 Å². The Labute approximate surface area is 155 Å². The van der Waals surface area contributed by atoms with E-state index in [1.54, 1.807) is 0 Å². The van der Waals surface area contributed by atoms with E-state index in [1.165, 1.54) is 0 Å². The van der Waals surface area contributed by atoms with Gasteiger partial charge in [-0.25, -0.2) is 0 Å². The molecular formula is C17H14F3IN2O2. The predicted octanol–water partition coefficient (Wildman–Crippen LogP) is 3.14. The van der Waals surface area contributed by atoms with Gasteiger partial charge in [0.05, 0.1) is 5.56 Å². The Hall–Kier alpha value is -2.10. The summed E-state index contributed by atoms with van der Waals surface area (Å²) in [4.78, 5) is 23.7. The first kappa shape index (κ1) is 19.2. The lowest BCUT2D eigenvalue weighted by Crippen LogP contribution is -2.45. The molecule has 4 nitrogen and oxygen atoms in total. The van der Waals surface area contributed by atoms with Crippen molar-refractivity contribution in [2.24, 2.45) is 5.73 Å². The largest absolute Gasteiger partial charge is 0.416 e. The number of rotatable bonds is 5. The molecule has 0 aromatic heterocycles. The van der Waals surface area contributed by atoms with Gasteiger partial charge in [-0.3, -0.25) is 9.59 Å². The molecule has 0 radical (unpaired) electrons. The summed E-state index contributed by atoms with van der Waals surface area (Å²) in [5.41, 5.74) is 5.28. The molecule has 8 heteroatoms. The molecular weight excluding hydrogens is 448 g/mol. The van der Waals surface area contributed by atoms with Gasteiger partial charge >= 0.3 is 6.18 Å². The van der Waals surface area contributed by atoms with Crippen molar-refractivity contribution in [2.45, 2.75) is 18.6 Å². The van der Waals surface area contributed by atoms with Gasteiger partial charge < -0.3 is 11.1 Å². The van der Waals surface area contributed by atoms with Gasteiger partial charge in [0.1, 0.15) is 6.04 Å². The van der Waals surface area contributed by atoms with Gasteiger partial charge in [-0.05, 0) is 64.6 Å². The molecule has 2 rings (SSSR count). The van der Waals surface area contributed by atoms with Gasteiger partial charge in [0.15, 0.2) is 0 Å². The molecule has 0 aliphatic heterocycles. The van der Waals surface area contributed by atoms with E-state index in [9.17, 15) is 22.8 Å². The summed E-state index contributed by atoms with van der Waals surface area (Å²) in [5.74, 6) is -1.39. The third-order valence-electron chi connectivity index (χ3n) is 3.48. The van der Waals surface area contributed by atoms with Crippen LogP contribution in [-0.4, -0.2) is 17.9 Å². The molecule has 3 N–H and O–H groups in total.